The van der Waals surface area contributed by atoms with Gasteiger partial charge in [0.15, 0.2) is 0 Å². The number of aliphatic hydroxyl groups excluding tert-OH is 1. The van der Waals surface area contributed by atoms with E-state index in [1.165, 1.54) is 10.6 Å². The van der Waals surface area contributed by atoms with Crippen molar-refractivity contribution >= 4 is 5.91 Å². The van der Waals surface area contributed by atoms with E-state index in [9.17, 15) is 9.59 Å². The molecule has 18 heavy (non-hydrogen) atoms. The molecule has 1 heterocycles. The van der Waals surface area contributed by atoms with Crippen LogP contribution in [0.25, 0.3) is 0 Å². The van der Waals surface area contributed by atoms with Gasteiger partial charge in [0.2, 0.25) is 5.91 Å². The second-order valence-corrected chi connectivity index (χ2v) is 4.58. The maximum absolute atomic E-state index is 11.7. The minimum Gasteiger partial charge on any atom is -0.394 e. The molecule has 0 radical (unpaired) electrons. The third-order valence-electron chi connectivity index (χ3n) is 2.83. The lowest BCUT2D eigenvalue weighted by atomic mass is 10.1. The monoisotopic (exact) mass is 252 g/mol. The summed E-state index contributed by atoms with van der Waals surface area (Å²) in [7, 11) is 0. The fraction of sp³-hybridized carbons (Fsp3) is 0.538. The van der Waals surface area contributed by atoms with Gasteiger partial charge < -0.3 is 15.0 Å². The quantitative estimate of drug-likeness (QED) is 0.768. The van der Waals surface area contributed by atoms with Gasteiger partial charge in [0.1, 0.15) is 0 Å². The maximum Gasteiger partial charge on any atom is 0.250 e. The van der Waals surface area contributed by atoms with Crippen LogP contribution in [0.1, 0.15) is 20.3 Å². The number of nitrogens with one attached hydrogen (secondary N) is 1. The summed E-state index contributed by atoms with van der Waals surface area (Å²) in [5, 5.41) is 11.9. The molecular weight excluding hydrogens is 232 g/mol. The van der Waals surface area contributed by atoms with Gasteiger partial charge in [-0.15, -0.1) is 0 Å². The minimum absolute atomic E-state index is 0.0747. The van der Waals surface area contributed by atoms with E-state index in [-0.39, 0.29) is 36.5 Å². The highest BCUT2D eigenvalue weighted by Crippen LogP contribution is 2.00. The van der Waals surface area contributed by atoms with Gasteiger partial charge in [0.05, 0.1) is 12.6 Å². The second kappa shape index (κ2) is 6.96. The molecule has 5 heteroatoms. The van der Waals surface area contributed by atoms with Crippen LogP contribution in [0.15, 0.2) is 29.2 Å². The van der Waals surface area contributed by atoms with E-state index in [0.717, 1.165) is 0 Å². The summed E-state index contributed by atoms with van der Waals surface area (Å²) in [6.07, 6.45) is 1.88. The Hall–Kier alpha value is -1.62. The van der Waals surface area contributed by atoms with Gasteiger partial charge in [-0.25, -0.2) is 0 Å². The molecule has 0 aromatic carbocycles. The standard InChI is InChI=1S/C13H20N2O3/c1-10(2)11(9-16)14-12(17)6-8-15-7-4-3-5-13(15)18/h3-5,7,10-11,16H,6,8-9H2,1-2H3,(H,14,17). The molecule has 1 aromatic heterocycles. The molecule has 2 N–H and O–H groups in total. The van der Waals surface area contributed by atoms with Gasteiger partial charge in [-0.05, 0) is 12.0 Å². The number of carbonyl (C=O) groups excluding carboxylic acids is 1. The largest absolute Gasteiger partial charge is 0.394 e. The van der Waals surface area contributed by atoms with E-state index in [2.05, 4.69) is 5.32 Å². The molecule has 1 atom stereocenters. The van der Waals surface area contributed by atoms with Gasteiger partial charge in [-0.1, -0.05) is 19.9 Å². The highest BCUT2D eigenvalue weighted by atomic mass is 16.3. The highest BCUT2D eigenvalue weighted by molar-refractivity contribution is 5.76. The lowest BCUT2D eigenvalue weighted by Crippen LogP contribution is -2.41. The lowest BCUT2D eigenvalue weighted by molar-refractivity contribution is -0.122. The molecule has 0 aliphatic heterocycles. The molecule has 0 bridgehead atoms. The Kier molecular flexibility index (Phi) is 5.58. The zero-order valence-corrected chi connectivity index (χ0v) is 10.8. The van der Waals surface area contributed by atoms with Crippen LogP contribution < -0.4 is 10.9 Å². The van der Waals surface area contributed by atoms with Crippen LogP contribution in [0.5, 0.6) is 0 Å². The first-order valence-corrected chi connectivity index (χ1v) is 6.10. The zero-order valence-electron chi connectivity index (χ0n) is 10.8. The van der Waals surface area contributed by atoms with Crippen molar-refractivity contribution in [1.29, 1.82) is 0 Å². The van der Waals surface area contributed by atoms with E-state index in [1.54, 1.807) is 18.3 Å². The van der Waals surface area contributed by atoms with Crippen molar-refractivity contribution < 1.29 is 9.90 Å². The summed E-state index contributed by atoms with van der Waals surface area (Å²) in [4.78, 5) is 23.1. The number of pyridine rings is 1. The van der Waals surface area contributed by atoms with E-state index in [1.807, 2.05) is 13.8 Å². The third-order valence-corrected chi connectivity index (χ3v) is 2.83. The Balaban J connectivity index is 2.47. The van der Waals surface area contributed by atoms with Crippen LogP contribution in [-0.4, -0.2) is 28.2 Å². The van der Waals surface area contributed by atoms with Gasteiger partial charge in [0, 0.05) is 25.2 Å². The first-order chi connectivity index (χ1) is 8.54. The summed E-state index contributed by atoms with van der Waals surface area (Å²) in [5.41, 5.74) is -0.118. The summed E-state index contributed by atoms with van der Waals surface area (Å²) < 4.78 is 1.49. The van der Waals surface area contributed by atoms with Crippen LogP contribution >= 0.6 is 0 Å². The van der Waals surface area contributed by atoms with Crippen molar-refractivity contribution in [2.45, 2.75) is 32.9 Å². The van der Waals surface area contributed by atoms with Gasteiger partial charge >= 0.3 is 0 Å². The first kappa shape index (κ1) is 14.4. The average Bonchev–Trinajstić information content (AvgIpc) is 2.34. The Morgan fingerprint density at radius 1 is 1.44 bits per heavy atom. The van der Waals surface area contributed by atoms with Crippen molar-refractivity contribution in [3.05, 3.63) is 34.7 Å². The number of aryl methyl sites for hydroxylation is 1. The predicted molar refractivity (Wildman–Crippen MR) is 69.2 cm³/mol. The summed E-state index contributed by atoms with van der Waals surface area (Å²) in [6.45, 7) is 4.14. The Morgan fingerprint density at radius 3 is 2.72 bits per heavy atom. The number of carbonyl (C=O) groups is 1. The number of aromatic nitrogens is 1. The molecule has 1 amide bonds. The van der Waals surface area contributed by atoms with Gasteiger partial charge in [-0.2, -0.15) is 0 Å². The smallest absolute Gasteiger partial charge is 0.250 e. The van der Waals surface area contributed by atoms with E-state index < -0.39 is 0 Å². The zero-order chi connectivity index (χ0) is 13.5. The Labute approximate surface area is 106 Å². The minimum atomic E-state index is -0.231. The normalized spacial score (nSPS) is 12.4. The molecule has 0 fully saturated rings. The summed E-state index contributed by atoms with van der Waals surface area (Å²) in [6, 6.07) is 4.65. The van der Waals surface area contributed by atoms with Crippen molar-refractivity contribution in [1.82, 2.24) is 9.88 Å². The van der Waals surface area contributed by atoms with Crippen molar-refractivity contribution in [2.75, 3.05) is 6.61 Å². The number of rotatable bonds is 6. The van der Waals surface area contributed by atoms with E-state index in [4.69, 9.17) is 5.11 Å². The maximum atomic E-state index is 11.7. The molecular formula is C13H20N2O3. The number of amides is 1. The van der Waals surface area contributed by atoms with Gasteiger partial charge in [0.25, 0.3) is 5.56 Å². The van der Waals surface area contributed by atoms with Crippen LogP contribution in [0, 0.1) is 5.92 Å². The molecule has 0 aliphatic carbocycles. The topological polar surface area (TPSA) is 71.3 Å². The molecule has 100 valence electrons. The highest BCUT2D eigenvalue weighted by Gasteiger charge is 2.14. The van der Waals surface area contributed by atoms with E-state index in [0.29, 0.717) is 6.54 Å². The molecule has 1 rings (SSSR count). The number of aliphatic hydroxyl groups is 1. The van der Waals surface area contributed by atoms with Crippen LogP contribution in [0.4, 0.5) is 0 Å². The summed E-state index contributed by atoms with van der Waals surface area (Å²) in [5.74, 6) is 0.0249. The van der Waals surface area contributed by atoms with Crippen molar-refractivity contribution in [3.8, 4) is 0 Å². The Bertz CT molecular complexity index is 440. The molecule has 0 aliphatic rings. The SMILES string of the molecule is CC(C)C(CO)NC(=O)CCn1ccccc1=O. The number of hydrogen-bond donors (Lipinski definition) is 2. The van der Waals surface area contributed by atoms with Gasteiger partial charge in [-0.3, -0.25) is 9.59 Å². The van der Waals surface area contributed by atoms with Crippen LogP contribution in [0.2, 0.25) is 0 Å². The predicted octanol–water partition coefficient (Wildman–Crippen LogP) is 0.371. The Morgan fingerprint density at radius 2 is 2.17 bits per heavy atom. The summed E-state index contributed by atoms with van der Waals surface area (Å²) >= 11 is 0. The van der Waals surface area contributed by atoms with Crippen LogP contribution in [-0.2, 0) is 11.3 Å². The first-order valence-electron chi connectivity index (χ1n) is 6.10. The second-order valence-electron chi connectivity index (χ2n) is 4.58. The fourth-order valence-electron chi connectivity index (χ4n) is 1.57. The molecule has 0 saturated heterocycles. The molecule has 1 aromatic rings. The number of hydrogen-bond acceptors (Lipinski definition) is 3. The average molecular weight is 252 g/mol. The third kappa shape index (κ3) is 4.33. The molecule has 5 nitrogen and oxygen atoms in total. The fourth-order valence-corrected chi connectivity index (χ4v) is 1.57. The van der Waals surface area contributed by atoms with E-state index >= 15 is 0 Å². The molecule has 0 saturated carbocycles. The van der Waals surface area contributed by atoms with Crippen molar-refractivity contribution in [3.63, 3.8) is 0 Å². The lowest BCUT2D eigenvalue weighted by Gasteiger charge is -2.19. The van der Waals surface area contributed by atoms with Crippen LogP contribution in [0.3, 0.4) is 0 Å². The number of nitrogens with zero attached hydrogens (tertiary/aromatic N) is 1. The molecule has 1 unspecified atom stereocenters. The van der Waals surface area contributed by atoms with Crippen molar-refractivity contribution in [2.24, 2.45) is 5.92 Å². The molecule has 0 spiro atoms.